The Morgan fingerprint density at radius 2 is 2.24 bits per heavy atom. The number of likely N-dealkylation sites (tertiary alicyclic amines) is 1. The van der Waals surface area contributed by atoms with E-state index in [1.165, 1.54) is 0 Å². The van der Waals surface area contributed by atoms with Gasteiger partial charge in [0.1, 0.15) is 0 Å². The standard InChI is InChI=1S/C13H24N2O2/c1-10(16)12-5-3-7-15(9-12)13(17)11-4-2-6-14-8-11/h10-12,14,16H,2-9H2,1H3/t10-,11+,12+/m0/s1. The third kappa shape index (κ3) is 3.19. The molecule has 0 aromatic heterocycles. The molecule has 0 unspecified atom stereocenters. The van der Waals surface area contributed by atoms with E-state index in [1.54, 1.807) is 0 Å². The van der Waals surface area contributed by atoms with Gasteiger partial charge in [-0.05, 0) is 39.2 Å². The highest BCUT2D eigenvalue weighted by atomic mass is 16.3. The molecule has 2 rings (SSSR count). The summed E-state index contributed by atoms with van der Waals surface area (Å²) in [5.41, 5.74) is 0. The zero-order chi connectivity index (χ0) is 12.3. The molecule has 4 nitrogen and oxygen atoms in total. The molecule has 0 aromatic rings. The van der Waals surface area contributed by atoms with Crippen LogP contribution in [0.15, 0.2) is 0 Å². The fourth-order valence-corrected chi connectivity index (χ4v) is 2.92. The molecule has 0 aliphatic carbocycles. The van der Waals surface area contributed by atoms with Crippen LogP contribution in [-0.2, 0) is 4.79 Å². The summed E-state index contributed by atoms with van der Waals surface area (Å²) in [6.45, 7) is 5.32. The molecule has 2 aliphatic rings. The van der Waals surface area contributed by atoms with Crippen LogP contribution in [0.4, 0.5) is 0 Å². The van der Waals surface area contributed by atoms with Crippen molar-refractivity contribution in [2.75, 3.05) is 26.2 Å². The molecule has 3 atom stereocenters. The first kappa shape index (κ1) is 12.8. The SMILES string of the molecule is C[C@H](O)[C@@H]1CCCN(C(=O)[C@@H]2CCCNC2)C1. The van der Waals surface area contributed by atoms with E-state index < -0.39 is 0 Å². The number of nitrogens with one attached hydrogen (secondary N) is 1. The van der Waals surface area contributed by atoms with Gasteiger partial charge in [-0.25, -0.2) is 0 Å². The van der Waals surface area contributed by atoms with Crippen LogP contribution in [0.25, 0.3) is 0 Å². The van der Waals surface area contributed by atoms with E-state index in [9.17, 15) is 9.90 Å². The van der Waals surface area contributed by atoms with Crippen molar-refractivity contribution in [3.8, 4) is 0 Å². The van der Waals surface area contributed by atoms with Crippen LogP contribution in [0.1, 0.15) is 32.6 Å². The minimum atomic E-state index is -0.296. The predicted molar refractivity (Wildman–Crippen MR) is 66.6 cm³/mol. The van der Waals surface area contributed by atoms with Crippen LogP contribution >= 0.6 is 0 Å². The van der Waals surface area contributed by atoms with Crippen LogP contribution < -0.4 is 5.32 Å². The summed E-state index contributed by atoms with van der Waals surface area (Å²) in [5, 5.41) is 12.9. The third-order valence-electron chi connectivity index (χ3n) is 4.10. The topological polar surface area (TPSA) is 52.6 Å². The molecule has 2 heterocycles. The van der Waals surface area contributed by atoms with E-state index >= 15 is 0 Å². The van der Waals surface area contributed by atoms with Crippen molar-refractivity contribution in [3.05, 3.63) is 0 Å². The Morgan fingerprint density at radius 3 is 2.88 bits per heavy atom. The van der Waals surface area contributed by atoms with Gasteiger partial charge in [0.25, 0.3) is 0 Å². The van der Waals surface area contributed by atoms with E-state index in [0.717, 1.165) is 51.9 Å². The summed E-state index contributed by atoms with van der Waals surface area (Å²) in [4.78, 5) is 14.3. The Bertz CT molecular complexity index is 262. The molecular formula is C13H24N2O2. The van der Waals surface area contributed by atoms with Crippen molar-refractivity contribution < 1.29 is 9.90 Å². The lowest BCUT2D eigenvalue weighted by molar-refractivity contribution is -0.138. The summed E-state index contributed by atoms with van der Waals surface area (Å²) < 4.78 is 0. The monoisotopic (exact) mass is 240 g/mol. The molecular weight excluding hydrogens is 216 g/mol. The highest BCUT2D eigenvalue weighted by molar-refractivity contribution is 5.79. The van der Waals surface area contributed by atoms with Crippen LogP contribution in [-0.4, -0.2) is 48.2 Å². The Balaban J connectivity index is 1.89. The number of hydrogen-bond acceptors (Lipinski definition) is 3. The van der Waals surface area contributed by atoms with Crippen molar-refractivity contribution in [3.63, 3.8) is 0 Å². The smallest absolute Gasteiger partial charge is 0.226 e. The number of piperidine rings is 2. The molecule has 0 saturated carbocycles. The van der Waals surface area contributed by atoms with Gasteiger partial charge in [0.05, 0.1) is 12.0 Å². The first-order chi connectivity index (χ1) is 8.18. The minimum absolute atomic E-state index is 0.163. The van der Waals surface area contributed by atoms with Crippen molar-refractivity contribution in [2.45, 2.75) is 38.7 Å². The van der Waals surface area contributed by atoms with Gasteiger partial charge in [0, 0.05) is 25.6 Å². The number of rotatable bonds is 2. The first-order valence-electron chi connectivity index (χ1n) is 6.86. The van der Waals surface area contributed by atoms with E-state index in [2.05, 4.69) is 5.32 Å². The van der Waals surface area contributed by atoms with Gasteiger partial charge in [-0.2, -0.15) is 0 Å². The molecule has 2 fully saturated rings. The van der Waals surface area contributed by atoms with Gasteiger partial charge >= 0.3 is 0 Å². The van der Waals surface area contributed by atoms with Crippen LogP contribution in [0.2, 0.25) is 0 Å². The Labute approximate surface area is 103 Å². The number of hydrogen-bond donors (Lipinski definition) is 2. The van der Waals surface area contributed by atoms with Crippen LogP contribution in [0.3, 0.4) is 0 Å². The van der Waals surface area contributed by atoms with Gasteiger partial charge in [0.15, 0.2) is 0 Å². The van der Waals surface area contributed by atoms with Gasteiger partial charge in [-0.1, -0.05) is 0 Å². The van der Waals surface area contributed by atoms with Crippen molar-refractivity contribution in [1.29, 1.82) is 0 Å². The highest BCUT2D eigenvalue weighted by Gasteiger charge is 2.30. The summed E-state index contributed by atoms with van der Waals surface area (Å²) in [6, 6.07) is 0. The van der Waals surface area contributed by atoms with Gasteiger partial charge in [0.2, 0.25) is 5.91 Å². The Kier molecular flexibility index (Phi) is 4.40. The molecule has 2 saturated heterocycles. The maximum absolute atomic E-state index is 12.3. The lowest BCUT2D eigenvalue weighted by Crippen LogP contribution is -2.48. The lowest BCUT2D eigenvalue weighted by Gasteiger charge is -2.37. The van der Waals surface area contributed by atoms with Crippen molar-refractivity contribution in [1.82, 2.24) is 10.2 Å². The number of carbonyl (C=O) groups excluding carboxylic acids is 1. The second kappa shape index (κ2) is 5.83. The number of aliphatic hydroxyl groups is 1. The third-order valence-corrected chi connectivity index (χ3v) is 4.10. The lowest BCUT2D eigenvalue weighted by atomic mass is 9.91. The molecule has 1 amide bonds. The van der Waals surface area contributed by atoms with E-state index in [4.69, 9.17) is 0 Å². The van der Waals surface area contributed by atoms with Crippen molar-refractivity contribution >= 4 is 5.91 Å². The van der Waals surface area contributed by atoms with Crippen LogP contribution in [0.5, 0.6) is 0 Å². The Hall–Kier alpha value is -0.610. The van der Waals surface area contributed by atoms with Gasteiger partial charge in [-0.15, -0.1) is 0 Å². The fraction of sp³-hybridized carbons (Fsp3) is 0.923. The van der Waals surface area contributed by atoms with Gasteiger partial charge < -0.3 is 15.3 Å². The molecule has 2 aliphatic heterocycles. The zero-order valence-corrected chi connectivity index (χ0v) is 10.7. The average Bonchev–Trinajstić information content (AvgIpc) is 2.39. The molecule has 98 valence electrons. The maximum atomic E-state index is 12.3. The Morgan fingerprint density at radius 1 is 1.41 bits per heavy atom. The summed E-state index contributed by atoms with van der Waals surface area (Å²) in [7, 11) is 0. The number of nitrogens with zero attached hydrogens (tertiary/aromatic N) is 1. The molecule has 0 spiro atoms. The normalized spacial score (nSPS) is 32.2. The first-order valence-corrected chi connectivity index (χ1v) is 6.86. The molecule has 0 bridgehead atoms. The van der Waals surface area contributed by atoms with E-state index in [1.807, 2.05) is 11.8 Å². The second-order valence-electron chi connectivity index (χ2n) is 5.47. The molecule has 2 N–H and O–H groups in total. The number of aliphatic hydroxyl groups excluding tert-OH is 1. The van der Waals surface area contributed by atoms with Crippen LogP contribution in [0, 0.1) is 11.8 Å². The summed E-state index contributed by atoms with van der Waals surface area (Å²) in [6.07, 6.45) is 3.90. The highest BCUT2D eigenvalue weighted by Crippen LogP contribution is 2.22. The second-order valence-corrected chi connectivity index (χ2v) is 5.47. The van der Waals surface area contributed by atoms with E-state index in [-0.39, 0.29) is 17.9 Å². The minimum Gasteiger partial charge on any atom is -0.393 e. The number of carbonyl (C=O) groups is 1. The predicted octanol–water partition coefficient (Wildman–Crippen LogP) is 0.605. The molecule has 0 radical (unpaired) electrons. The maximum Gasteiger partial charge on any atom is 0.226 e. The fourth-order valence-electron chi connectivity index (χ4n) is 2.92. The quantitative estimate of drug-likeness (QED) is 0.743. The average molecular weight is 240 g/mol. The zero-order valence-electron chi connectivity index (χ0n) is 10.7. The molecule has 17 heavy (non-hydrogen) atoms. The molecule has 4 heteroatoms. The van der Waals surface area contributed by atoms with E-state index in [0.29, 0.717) is 5.91 Å². The van der Waals surface area contributed by atoms with Gasteiger partial charge in [-0.3, -0.25) is 4.79 Å². The molecule has 0 aromatic carbocycles. The van der Waals surface area contributed by atoms with Crippen molar-refractivity contribution in [2.24, 2.45) is 11.8 Å². The summed E-state index contributed by atoms with van der Waals surface area (Å²) in [5.74, 6) is 0.725. The largest absolute Gasteiger partial charge is 0.393 e. The number of amides is 1. The summed E-state index contributed by atoms with van der Waals surface area (Å²) >= 11 is 0.